The van der Waals surface area contributed by atoms with Crippen LogP contribution >= 0.6 is 0 Å². The minimum absolute atomic E-state index is 0.162. The number of urea groups is 1. The van der Waals surface area contributed by atoms with E-state index in [0.29, 0.717) is 19.4 Å². The molecule has 2 aliphatic heterocycles. The molecule has 0 saturated carbocycles. The summed E-state index contributed by atoms with van der Waals surface area (Å²) in [4.78, 5) is 36.6. The van der Waals surface area contributed by atoms with E-state index in [1.165, 1.54) is 7.11 Å². The second-order valence-electron chi connectivity index (χ2n) is 4.73. The fourth-order valence-corrected chi connectivity index (χ4v) is 2.42. The Labute approximate surface area is 105 Å². The lowest BCUT2D eigenvalue weighted by Crippen LogP contribution is -2.60. The number of hydrogen-bond acceptors (Lipinski definition) is 4. The van der Waals surface area contributed by atoms with Crippen molar-refractivity contribution in [1.82, 2.24) is 15.5 Å². The number of hydrogen-bond donors (Lipinski definition) is 2. The van der Waals surface area contributed by atoms with Gasteiger partial charge in [-0.15, -0.1) is 0 Å². The maximum Gasteiger partial charge on any atom is 0.322 e. The van der Waals surface area contributed by atoms with Crippen molar-refractivity contribution in [3.8, 4) is 0 Å². The fraction of sp³-hybridized carbons (Fsp3) is 0.727. The second-order valence-corrected chi connectivity index (χ2v) is 4.73. The van der Waals surface area contributed by atoms with Crippen molar-refractivity contribution in [3.63, 3.8) is 0 Å². The van der Waals surface area contributed by atoms with Gasteiger partial charge in [0.1, 0.15) is 11.6 Å². The average molecular weight is 255 g/mol. The zero-order chi connectivity index (χ0) is 13.3. The van der Waals surface area contributed by atoms with Crippen LogP contribution < -0.4 is 10.6 Å². The zero-order valence-electron chi connectivity index (χ0n) is 10.5. The van der Waals surface area contributed by atoms with E-state index >= 15 is 0 Å². The molecule has 0 aliphatic carbocycles. The Bertz CT molecular complexity index is 398. The average Bonchev–Trinajstić information content (AvgIpc) is 2.62. The van der Waals surface area contributed by atoms with Gasteiger partial charge in [0, 0.05) is 13.7 Å². The Morgan fingerprint density at radius 1 is 1.50 bits per heavy atom. The number of likely N-dealkylation sites (tertiary alicyclic amines) is 1. The minimum Gasteiger partial charge on any atom is -0.372 e. The molecule has 2 aliphatic rings. The van der Waals surface area contributed by atoms with Gasteiger partial charge < -0.3 is 15.0 Å². The Kier molecular flexibility index (Phi) is 3.25. The molecule has 100 valence electrons. The number of methoxy groups -OCH3 is 1. The number of rotatable bonds is 2. The maximum atomic E-state index is 12.0. The summed E-state index contributed by atoms with van der Waals surface area (Å²) in [5.41, 5.74) is -0.960. The van der Waals surface area contributed by atoms with E-state index in [2.05, 4.69) is 10.6 Å². The molecular formula is C11H17N3O4. The van der Waals surface area contributed by atoms with Gasteiger partial charge >= 0.3 is 6.03 Å². The summed E-state index contributed by atoms with van der Waals surface area (Å²) in [6.45, 7) is 2.45. The Morgan fingerprint density at radius 2 is 2.22 bits per heavy atom. The lowest BCUT2D eigenvalue weighted by atomic mass is 9.89. The van der Waals surface area contributed by atoms with Crippen LogP contribution in [0.25, 0.3) is 0 Å². The number of carbonyl (C=O) groups excluding carboxylic acids is 3. The van der Waals surface area contributed by atoms with Gasteiger partial charge in [-0.1, -0.05) is 0 Å². The van der Waals surface area contributed by atoms with Crippen molar-refractivity contribution in [2.75, 3.05) is 20.2 Å². The Balaban J connectivity index is 2.12. The smallest absolute Gasteiger partial charge is 0.322 e. The molecule has 2 rings (SSSR count). The SMILES string of the molecule is COC(C)C(=O)N1CCCC2(C1)NC(=O)NC2=O. The number of ether oxygens (including phenoxy) is 1. The van der Waals surface area contributed by atoms with E-state index < -0.39 is 17.7 Å². The topological polar surface area (TPSA) is 87.7 Å². The molecule has 7 heteroatoms. The van der Waals surface area contributed by atoms with Crippen LogP contribution in [-0.2, 0) is 14.3 Å². The highest BCUT2D eigenvalue weighted by atomic mass is 16.5. The molecular weight excluding hydrogens is 238 g/mol. The van der Waals surface area contributed by atoms with E-state index in [1.54, 1.807) is 11.8 Å². The fourth-order valence-electron chi connectivity index (χ4n) is 2.42. The quantitative estimate of drug-likeness (QED) is 0.634. The highest BCUT2D eigenvalue weighted by molar-refractivity contribution is 6.07. The third-order valence-electron chi connectivity index (χ3n) is 3.52. The lowest BCUT2D eigenvalue weighted by Gasteiger charge is -2.38. The van der Waals surface area contributed by atoms with Crippen molar-refractivity contribution < 1.29 is 19.1 Å². The van der Waals surface area contributed by atoms with Crippen LogP contribution in [0.1, 0.15) is 19.8 Å². The zero-order valence-corrected chi connectivity index (χ0v) is 10.5. The molecule has 4 amide bonds. The minimum atomic E-state index is -0.960. The van der Waals surface area contributed by atoms with Crippen LogP contribution in [0.5, 0.6) is 0 Å². The highest BCUT2D eigenvalue weighted by Gasteiger charge is 2.49. The van der Waals surface area contributed by atoms with Crippen LogP contribution in [0.15, 0.2) is 0 Å². The summed E-state index contributed by atoms with van der Waals surface area (Å²) in [6.07, 6.45) is 0.686. The molecule has 0 radical (unpaired) electrons. The summed E-state index contributed by atoms with van der Waals surface area (Å²) < 4.78 is 4.99. The predicted molar refractivity (Wildman–Crippen MR) is 61.7 cm³/mol. The molecule has 2 saturated heterocycles. The number of amides is 4. The monoisotopic (exact) mass is 255 g/mol. The van der Waals surface area contributed by atoms with Gasteiger partial charge in [0.2, 0.25) is 0 Å². The predicted octanol–water partition coefficient (Wildman–Crippen LogP) is -0.778. The number of piperidine rings is 1. The number of imide groups is 1. The molecule has 2 atom stereocenters. The summed E-state index contributed by atoms with van der Waals surface area (Å²) in [5, 5.41) is 4.85. The van der Waals surface area contributed by atoms with Gasteiger partial charge in [0.15, 0.2) is 0 Å². The van der Waals surface area contributed by atoms with Crippen molar-refractivity contribution in [3.05, 3.63) is 0 Å². The van der Waals surface area contributed by atoms with Crippen LogP contribution in [0.2, 0.25) is 0 Å². The van der Waals surface area contributed by atoms with E-state index in [4.69, 9.17) is 4.74 Å². The molecule has 2 heterocycles. The van der Waals surface area contributed by atoms with Crippen molar-refractivity contribution in [2.45, 2.75) is 31.4 Å². The number of nitrogens with zero attached hydrogens (tertiary/aromatic N) is 1. The first-order valence-corrected chi connectivity index (χ1v) is 5.94. The van der Waals surface area contributed by atoms with Gasteiger partial charge in [0.05, 0.1) is 6.54 Å². The molecule has 2 fully saturated rings. The first kappa shape index (κ1) is 12.8. The lowest BCUT2D eigenvalue weighted by molar-refractivity contribution is -0.144. The van der Waals surface area contributed by atoms with Crippen molar-refractivity contribution in [1.29, 1.82) is 0 Å². The van der Waals surface area contributed by atoms with Crippen molar-refractivity contribution in [2.24, 2.45) is 0 Å². The van der Waals surface area contributed by atoms with Crippen molar-refractivity contribution >= 4 is 17.8 Å². The molecule has 1 spiro atoms. The molecule has 18 heavy (non-hydrogen) atoms. The molecule has 0 aromatic rings. The van der Waals surface area contributed by atoms with Crippen LogP contribution in [-0.4, -0.2) is 54.6 Å². The van der Waals surface area contributed by atoms with Crippen LogP contribution in [0.3, 0.4) is 0 Å². The maximum absolute atomic E-state index is 12.0. The Morgan fingerprint density at radius 3 is 2.78 bits per heavy atom. The van der Waals surface area contributed by atoms with E-state index in [1.807, 2.05) is 0 Å². The Hall–Kier alpha value is -1.63. The first-order valence-electron chi connectivity index (χ1n) is 5.94. The molecule has 0 aromatic carbocycles. The molecule has 2 unspecified atom stereocenters. The standard InChI is InChI=1S/C11H17N3O4/c1-7(18-2)8(15)14-5-3-4-11(6-14)9(16)12-10(17)13-11/h7H,3-6H2,1-2H3,(H2,12,13,16,17). The third kappa shape index (κ3) is 2.05. The molecule has 0 bridgehead atoms. The highest BCUT2D eigenvalue weighted by Crippen LogP contribution is 2.24. The molecule has 2 N–H and O–H groups in total. The van der Waals surface area contributed by atoms with E-state index in [9.17, 15) is 14.4 Å². The second kappa shape index (κ2) is 4.56. The van der Waals surface area contributed by atoms with Crippen LogP contribution in [0, 0.1) is 0 Å². The summed E-state index contributed by atoms with van der Waals surface area (Å²) in [6, 6.07) is -0.492. The first-order chi connectivity index (χ1) is 8.48. The van der Waals surface area contributed by atoms with E-state index in [0.717, 1.165) is 0 Å². The summed E-state index contributed by atoms with van der Waals surface area (Å²) in [7, 11) is 1.46. The van der Waals surface area contributed by atoms with Gasteiger partial charge in [-0.2, -0.15) is 0 Å². The number of nitrogens with one attached hydrogen (secondary N) is 2. The van der Waals surface area contributed by atoms with Gasteiger partial charge in [-0.3, -0.25) is 14.9 Å². The normalized spacial score (nSPS) is 29.1. The van der Waals surface area contributed by atoms with Gasteiger partial charge in [0.25, 0.3) is 11.8 Å². The van der Waals surface area contributed by atoms with E-state index in [-0.39, 0.29) is 18.4 Å². The van der Waals surface area contributed by atoms with Gasteiger partial charge in [-0.05, 0) is 19.8 Å². The van der Waals surface area contributed by atoms with Crippen LogP contribution in [0.4, 0.5) is 4.79 Å². The molecule has 0 aromatic heterocycles. The third-order valence-corrected chi connectivity index (χ3v) is 3.52. The summed E-state index contributed by atoms with van der Waals surface area (Å²) >= 11 is 0. The van der Waals surface area contributed by atoms with Gasteiger partial charge in [-0.25, -0.2) is 4.79 Å². The number of carbonyl (C=O) groups is 3. The summed E-state index contributed by atoms with van der Waals surface area (Å²) in [5.74, 6) is -0.513. The molecule has 7 nitrogen and oxygen atoms in total. The largest absolute Gasteiger partial charge is 0.372 e.